The minimum absolute atomic E-state index is 0.157. The number of aliphatic hydroxyl groups excluding tert-OH is 1. The van der Waals surface area contributed by atoms with Crippen LogP contribution in [0.5, 0.6) is 0 Å². The van der Waals surface area contributed by atoms with Crippen molar-refractivity contribution in [2.24, 2.45) is 23.3 Å². The van der Waals surface area contributed by atoms with Crippen molar-refractivity contribution < 1.29 is 34.2 Å². The van der Waals surface area contributed by atoms with Gasteiger partial charge in [-0.25, -0.2) is 4.79 Å². The Kier molecular flexibility index (Phi) is 11.7. The number of primary amides is 1. The van der Waals surface area contributed by atoms with E-state index in [0.717, 1.165) is 0 Å². The van der Waals surface area contributed by atoms with Crippen molar-refractivity contribution >= 4 is 29.6 Å². The predicted octanol–water partition coefficient (Wildman–Crippen LogP) is -2.19. The summed E-state index contributed by atoms with van der Waals surface area (Å²) >= 11 is 0. The van der Waals surface area contributed by atoms with Crippen LogP contribution in [0, 0.1) is 11.8 Å². The van der Waals surface area contributed by atoms with Crippen LogP contribution in [0.4, 0.5) is 0 Å². The summed E-state index contributed by atoms with van der Waals surface area (Å²) in [6.07, 6.45) is -1.57. The first kappa shape index (κ1) is 28.3. The standard InChI is InChI=1S/C19H35N5O7/c1-8(2)14(18(29)24-15(9(3)4)19(30)31)23-16(27)11(6-7-12(20)26)22-17(28)13(21)10(5)25/h8-11,13-15,25H,6-7,21H2,1-5H3,(H2,20,26)(H,22,28)(H,23,27)(H,24,29)(H,30,31). The Balaban J connectivity index is 5.49. The molecule has 0 saturated heterocycles. The molecule has 0 fully saturated rings. The van der Waals surface area contributed by atoms with Gasteiger partial charge in [-0.3, -0.25) is 19.2 Å². The molecule has 0 aromatic heterocycles. The summed E-state index contributed by atoms with van der Waals surface area (Å²) in [5.74, 6) is -5.03. The largest absolute Gasteiger partial charge is 0.480 e. The van der Waals surface area contributed by atoms with E-state index < -0.39 is 71.7 Å². The first-order chi connectivity index (χ1) is 14.2. The number of carbonyl (C=O) groups is 5. The van der Waals surface area contributed by atoms with Gasteiger partial charge in [0.2, 0.25) is 23.6 Å². The molecule has 0 aliphatic rings. The van der Waals surface area contributed by atoms with Crippen LogP contribution >= 0.6 is 0 Å². The maximum Gasteiger partial charge on any atom is 0.326 e. The predicted molar refractivity (Wildman–Crippen MR) is 111 cm³/mol. The number of carbonyl (C=O) groups excluding carboxylic acids is 4. The molecule has 31 heavy (non-hydrogen) atoms. The van der Waals surface area contributed by atoms with E-state index >= 15 is 0 Å². The third kappa shape index (κ3) is 9.75. The summed E-state index contributed by atoms with van der Waals surface area (Å²) in [5, 5.41) is 26.0. The second-order valence-electron chi connectivity index (χ2n) is 8.13. The highest BCUT2D eigenvalue weighted by Gasteiger charge is 2.33. The zero-order chi connectivity index (χ0) is 24.5. The minimum Gasteiger partial charge on any atom is -0.480 e. The average molecular weight is 446 g/mol. The van der Waals surface area contributed by atoms with E-state index in [0.29, 0.717) is 0 Å². The van der Waals surface area contributed by atoms with Gasteiger partial charge in [-0.1, -0.05) is 27.7 Å². The van der Waals surface area contributed by atoms with Gasteiger partial charge in [0.25, 0.3) is 0 Å². The Hall–Kier alpha value is -2.73. The average Bonchev–Trinajstić information content (AvgIpc) is 2.64. The fourth-order valence-corrected chi connectivity index (χ4v) is 2.59. The van der Waals surface area contributed by atoms with Crippen LogP contribution in [0.3, 0.4) is 0 Å². The number of carboxylic acid groups (broad SMARTS) is 1. The first-order valence-corrected chi connectivity index (χ1v) is 10.0. The molecule has 5 atom stereocenters. The van der Waals surface area contributed by atoms with Crippen LogP contribution < -0.4 is 27.4 Å². The molecular weight excluding hydrogens is 410 g/mol. The lowest BCUT2D eigenvalue weighted by Crippen LogP contribution is -2.59. The van der Waals surface area contributed by atoms with Gasteiger partial charge >= 0.3 is 5.97 Å². The molecule has 0 aliphatic heterocycles. The van der Waals surface area contributed by atoms with Crippen LogP contribution in [0.15, 0.2) is 0 Å². The smallest absolute Gasteiger partial charge is 0.326 e. The topological polar surface area (TPSA) is 214 Å². The number of nitrogens with one attached hydrogen (secondary N) is 3. The zero-order valence-electron chi connectivity index (χ0n) is 18.5. The van der Waals surface area contributed by atoms with E-state index in [1.54, 1.807) is 27.7 Å². The molecule has 0 bridgehead atoms. The highest BCUT2D eigenvalue weighted by molar-refractivity contribution is 5.94. The van der Waals surface area contributed by atoms with E-state index in [9.17, 15) is 34.2 Å². The summed E-state index contributed by atoms with van der Waals surface area (Å²) in [5.41, 5.74) is 10.7. The lowest BCUT2D eigenvalue weighted by Gasteiger charge is -2.28. The lowest BCUT2D eigenvalue weighted by atomic mass is 9.99. The molecule has 178 valence electrons. The summed E-state index contributed by atoms with van der Waals surface area (Å²) < 4.78 is 0. The van der Waals surface area contributed by atoms with Gasteiger partial charge in [0.05, 0.1) is 6.10 Å². The van der Waals surface area contributed by atoms with Gasteiger partial charge in [-0.2, -0.15) is 0 Å². The molecule has 0 radical (unpaired) electrons. The van der Waals surface area contributed by atoms with E-state index in [1.165, 1.54) is 6.92 Å². The van der Waals surface area contributed by atoms with Crippen molar-refractivity contribution in [2.75, 3.05) is 0 Å². The second-order valence-corrected chi connectivity index (χ2v) is 8.13. The SMILES string of the molecule is CC(C)C(NC(=O)C(NC(=O)C(CCC(N)=O)NC(=O)C(N)C(C)O)C(C)C)C(=O)O. The minimum atomic E-state index is -1.31. The van der Waals surface area contributed by atoms with E-state index in [2.05, 4.69) is 16.0 Å². The van der Waals surface area contributed by atoms with Crippen molar-refractivity contribution in [3.05, 3.63) is 0 Å². The number of hydrogen-bond donors (Lipinski definition) is 7. The summed E-state index contributed by atoms with van der Waals surface area (Å²) in [7, 11) is 0. The quantitative estimate of drug-likeness (QED) is 0.165. The molecule has 12 nitrogen and oxygen atoms in total. The van der Waals surface area contributed by atoms with E-state index in [1.807, 2.05) is 0 Å². The normalized spacial score (nSPS) is 16.0. The monoisotopic (exact) mass is 445 g/mol. The number of rotatable bonds is 13. The fourth-order valence-electron chi connectivity index (χ4n) is 2.59. The van der Waals surface area contributed by atoms with Crippen LogP contribution in [0.1, 0.15) is 47.5 Å². The first-order valence-electron chi connectivity index (χ1n) is 10.0. The second kappa shape index (κ2) is 12.8. The van der Waals surface area contributed by atoms with Crippen molar-refractivity contribution in [3.63, 3.8) is 0 Å². The Morgan fingerprint density at radius 3 is 1.68 bits per heavy atom. The van der Waals surface area contributed by atoms with Crippen molar-refractivity contribution in [1.29, 1.82) is 0 Å². The number of hydrogen-bond acceptors (Lipinski definition) is 7. The van der Waals surface area contributed by atoms with Gasteiger partial charge in [0, 0.05) is 6.42 Å². The molecule has 9 N–H and O–H groups in total. The lowest BCUT2D eigenvalue weighted by molar-refractivity contribution is -0.144. The van der Waals surface area contributed by atoms with Gasteiger partial charge in [0.15, 0.2) is 0 Å². The maximum absolute atomic E-state index is 12.8. The molecule has 0 spiro atoms. The fraction of sp³-hybridized carbons (Fsp3) is 0.737. The van der Waals surface area contributed by atoms with Crippen molar-refractivity contribution in [2.45, 2.75) is 77.7 Å². The molecule has 0 rings (SSSR count). The number of aliphatic hydroxyl groups is 1. The molecule has 0 aromatic rings. The van der Waals surface area contributed by atoms with Gasteiger partial charge in [-0.15, -0.1) is 0 Å². The summed E-state index contributed by atoms with van der Waals surface area (Å²) in [4.78, 5) is 60.1. The Bertz CT molecular complexity index is 666. The highest BCUT2D eigenvalue weighted by atomic mass is 16.4. The molecule has 4 amide bonds. The Morgan fingerprint density at radius 1 is 0.806 bits per heavy atom. The van der Waals surface area contributed by atoms with Gasteiger partial charge in [-0.05, 0) is 25.2 Å². The number of amides is 4. The van der Waals surface area contributed by atoms with Crippen LogP contribution in [0.2, 0.25) is 0 Å². The number of carboxylic acids is 1. The molecular formula is C19H35N5O7. The zero-order valence-corrected chi connectivity index (χ0v) is 18.5. The van der Waals surface area contributed by atoms with Gasteiger partial charge in [0.1, 0.15) is 24.2 Å². The molecule has 12 heteroatoms. The molecule has 0 aromatic carbocycles. The van der Waals surface area contributed by atoms with E-state index in [-0.39, 0.29) is 12.8 Å². The van der Waals surface area contributed by atoms with Crippen LogP contribution in [0.25, 0.3) is 0 Å². The van der Waals surface area contributed by atoms with Crippen LogP contribution in [-0.2, 0) is 24.0 Å². The third-order valence-electron chi connectivity index (χ3n) is 4.61. The van der Waals surface area contributed by atoms with Crippen molar-refractivity contribution in [1.82, 2.24) is 16.0 Å². The Morgan fingerprint density at radius 2 is 1.29 bits per heavy atom. The van der Waals surface area contributed by atoms with Crippen LogP contribution in [-0.4, -0.2) is 70.1 Å². The summed E-state index contributed by atoms with van der Waals surface area (Å²) in [6, 6.07) is -4.82. The van der Waals surface area contributed by atoms with Crippen molar-refractivity contribution in [3.8, 4) is 0 Å². The third-order valence-corrected chi connectivity index (χ3v) is 4.61. The maximum atomic E-state index is 12.8. The molecule has 0 aliphatic carbocycles. The molecule has 0 heterocycles. The Labute approximate surface area is 181 Å². The summed E-state index contributed by atoms with van der Waals surface area (Å²) in [6.45, 7) is 7.85. The highest BCUT2D eigenvalue weighted by Crippen LogP contribution is 2.08. The van der Waals surface area contributed by atoms with E-state index in [4.69, 9.17) is 11.5 Å². The molecule has 5 unspecified atom stereocenters. The number of nitrogens with two attached hydrogens (primary N) is 2. The molecule has 0 saturated carbocycles. The van der Waals surface area contributed by atoms with Gasteiger partial charge < -0.3 is 37.6 Å². The number of aliphatic carboxylic acids is 1.